The number of carboxylic acid groups (broad SMARTS) is 1. The molecule has 8 heteroatoms. The van der Waals surface area contributed by atoms with Crippen molar-refractivity contribution in [2.24, 2.45) is 0 Å². The number of nitrogens with one attached hydrogen (secondary N) is 1. The van der Waals surface area contributed by atoms with Crippen LogP contribution in [-0.2, 0) is 11.3 Å². The fraction of sp³-hybridized carbons (Fsp3) is 0.333. The molecule has 2 aromatic carbocycles. The van der Waals surface area contributed by atoms with Crippen LogP contribution in [0.1, 0.15) is 12.5 Å². The SMILES string of the molecule is CCn1c(-c2ccc(NC(=O)O)cc2)c(C#N)c2ccc(OCCN3CCOCC3)cc21. The number of rotatable bonds is 7. The van der Waals surface area contributed by atoms with Crippen LogP contribution in [0.5, 0.6) is 5.75 Å². The fourth-order valence-electron chi connectivity index (χ4n) is 4.11. The second-order valence-corrected chi connectivity index (χ2v) is 7.57. The minimum Gasteiger partial charge on any atom is -0.492 e. The highest BCUT2D eigenvalue weighted by atomic mass is 16.5. The van der Waals surface area contributed by atoms with E-state index in [1.54, 1.807) is 12.1 Å². The van der Waals surface area contributed by atoms with Crippen LogP contribution in [-0.4, -0.2) is 60.1 Å². The second-order valence-electron chi connectivity index (χ2n) is 7.57. The monoisotopic (exact) mass is 434 g/mol. The Kier molecular flexibility index (Phi) is 6.59. The summed E-state index contributed by atoms with van der Waals surface area (Å²) in [6.07, 6.45) is -1.11. The summed E-state index contributed by atoms with van der Waals surface area (Å²) in [4.78, 5) is 13.2. The summed E-state index contributed by atoms with van der Waals surface area (Å²) in [5, 5.41) is 22.0. The number of hydrogen-bond donors (Lipinski definition) is 2. The molecule has 3 aromatic rings. The highest BCUT2D eigenvalue weighted by molar-refractivity contribution is 5.95. The Balaban J connectivity index is 1.61. The zero-order chi connectivity index (χ0) is 22.5. The van der Waals surface area contributed by atoms with E-state index in [-0.39, 0.29) is 0 Å². The highest BCUT2D eigenvalue weighted by Crippen LogP contribution is 2.35. The Bertz CT molecular complexity index is 1140. The van der Waals surface area contributed by atoms with Crippen molar-refractivity contribution in [3.05, 3.63) is 48.0 Å². The Morgan fingerprint density at radius 2 is 1.97 bits per heavy atom. The second kappa shape index (κ2) is 9.73. The molecule has 0 radical (unpaired) electrons. The summed E-state index contributed by atoms with van der Waals surface area (Å²) < 4.78 is 13.5. The lowest BCUT2D eigenvalue weighted by Gasteiger charge is -2.26. The maximum atomic E-state index is 10.9. The number of anilines is 1. The van der Waals surface area contributed by atoms with Crippen molar-refractivity contribution < 1.29 is 19.4 Å². The smallest absolute Gasteiger partial charge is 0.409 e. The molecule has 32 heavy (non-hydrogen) atoms. The number of hydrogen-bond acceptors (Lipinski definition) is 5. The third-order valence-corrected chi connectivity index (χ3v) is 5.65. The number of carbonyl (C=O) groups is 1. The predicted molar refractivity (Wildman–Crippen MR) is 122 cm³/mol. The van der Waals surface area contributed by atoms with E-state index in [4.69, 9.17) is 14.6 Å². The number of fused-ring (bicyclic) bond motifs is 1. The zero-order valence-corrected chi connectivity index (χ0v) is 18.0. The Labute approximate surface area is 186 Å². The first-order valence-electron chi connectivity index (χ1n) is 10.7. The van der Waals surface area contributed by atoms with E-state index in [0.29, 0.717) is 24.4 Å². The fourth-order valence-corrected chi connectivity index (χ4v) is 4.11. The van der Waals surface area contributed by atoms with Gasteiger partial charge in [0.05, 0.1) is 30.0 Å². The Morgan fingerprint density at radius 1 is 1.22 bits per heavy atom. The maximum Gasteiger partial charge on any atom is 0.409 e. The van der Waals surface area contributed by atoms with E-state index in [0.717, 1.165) is 60.8 Å². The molecule has 1 aromatic heterocycles. The molecule has 1 amide bonds. The quantitative estimate of drug-likeness (QED) is 0.583. The van der Waals surface area contributed by atoms with Gasteiger partial charge in [0.1, 0.15) is 18.4 Å². The lowest BCUT2D eigenvalue weighted by Crippen LogP contribution is -2.38. The van der Waals surface area contributed by atoms with E-state index >= 15 is 0 Å². The molecule has 4 rings (SSSR count). The van der Waals surface area contributed by atoms with E-state index in [1.807, 2.05) is 37.3 Å². The average molecular weight is 434 g/mol. The summed E-state index contributed by atoms with van der Waals surface area (Å²) in [6.45, 7) is 7.55. The first-order chi connectivity index (χ1) is 15.6. The molecule has 2 N–H and O–H groups in total. The molecule has 0 saturated carbocycles. The van der Waals surface area contributed by atoms with E-state index in [2.05, 4.69) is 20.9 Å². The highest BCUT2D eigenvalue weighted by Gasteiger charge is 2.19. The molecule has 1 aliphatic rings. The summed E-state index contributed by atoms with van der Waals surface area (Å²) in [5.74, 6) is 0.773. The summed E-state index contributed by atoms with van der Waals surface area (Å²) in [7, 11) is 0. The Hall–Kier alpha value is -3.54. The minimum absolute atomic E-state index is 0.481. The molecule has 0 bridgehead atoms. The number of aromatic nitrogens is 1. The van der Waals surface area contributed by atoms with Crippen LogP contribution < -0.4 is 10.1 Å². The van der Waals surface area contributed by atoms with E-state index < -0.39 is 6.09 Å². The topological polar surface area (TPSA) is 99.8 Å². The van der Waals surface area contributed by atoms with Gasteiger partial charge in [0.15, 0.2) is 0 Å². The predicted octanol–water partition coefficient (Wildman–Crippen LogP) is 4.00. The number of nitriles is 1. The molecular weight excluding hydrogens is 408 g/mol. The third kappa shape index (κ3) is 4.54. The molecule has 166 valence electrons. The Morgan fingerprint density at radius 3 is 2.62 bits per heavy atom. The molecular formula is C24H26N4O4. The van der Waals surface area contributed by atoms with Crippen LogP contribution in [0.2, 0.25) is 0 Å². The maximum absolute atomic E-state index is 10.9. The molecule has 0 unspecified atom stereocenters. The van der Waals surface area contributed by atoms with Gasteiger partial charge in [-0.1, -0.05) is 12.1 Å². The van der Waals surface area contributed by atoms with Crippen molar-refractivity contribution in [1.29, 1.82) is 5.26 Å². The van der Waals surface area contributed by atoms with Gasteiger partial charge in [0, 0.05) is 43.3 Å². The molecule has 1 aliphatic heterocycles. The van der Waals surface area contributed by atoms with Crippen molar-refractivity contribution in [2.75, 3.05) is 44.8 Å². The van der Waals surface area contributed by atoms with Crippen molar-refractivity contribution in [1.82, 2.24) is 9.47 Å². The van der Waals surface area contributed by atoms with Crippen molar-refractivity contribution >= 4 is 22.7 Å². The van der Waals surface area contributed by atoms with Crippen LogP contribution in [0.4, 0.5) is 10.5 Å². The summed E-state index contributed by atoms with van der Waals surface area (Å²) in [6, 6.07) is 15.2. The first-order valence-corrected chi connectivity index (χ1v) is 10.7. The van der Waals surface area contributed by atoms with Gasteiger partial charge in [0.25, 0.3) is 0 Å². The zero-order valence-electron chi connectivity index (χ0n) is 18.0. The number of amides is 1. The van der Waals surface area contributed by atoms with Crippen molar-refractivity contribution in [3.63, 3.8) is 0 Å². The molecule has 2 heterocycles. The van der Waals surface area contributed by atoms with Crippen LogP contribution in [0.25, 0.3) is 22.2 Å². The van der Waals surface area contributed by atoms with Crippen LogP contribution >= 0.6 is 0 Å². The van der Waals surface area contributed by atoms with Gasteiger partial charge in [-0.3, -0.25) is 10.2 Å². The molecule has 0 spiro atoms. The van der Waals surface area contributed by atoms with Gasteiger partial charge in [0.2, 0.25) is 0 Å². The molecule has 1 saturated heterocycles. The van der Waals surface area contributed by atoms with Crippen LogP contribution in [0.3, 0.4) is 0 Å². The molecule has 1 fully saturated rings. The largest absolute Gasteiger partial charge is 0.492 e. The lowest BCUT2D eigenvalue weighted by atomic mass is 10.1. The number of benzene rings is 2. The van der Waals surface area contributed by atoms with Gasteiger partial charge >= 0.3 is 6.09 Å². The van der Waals surface area contributed by atoms with Gasteiger partial charge < -0.3 is 19.1 Å². The van der Waals surface area contributed by atoms with Crippen LogP contribution in [0, 0.1) is 11.3 Å². The third-order valence-electron chi connectivity index (χ3n) is 5.65. The normalized spacial score (nSPS) is 14.2. The van der Waals surface area contributed by atoms with Crippen molar-refractivity contribution in [3.8, 4) is 23.1 Å². The summed E-state index contributed by atoms with van der Waals surface area (Å²) >= 11 is 0. The van der Waals surface area contributed by atoms with Gasteiger partial charge in [-0.2, -0.15) is 5.26 Å². The van der Waals surface area contributed by atoms with E-state index in [9.17, 15) is 10.1 Å². The summed E-state index contributed by atoms with van der Waals surface area (Å²) in [5.41, 5.74) is 3.69. The van der Waals surface area contributed by atoms with Gasteiger partial charge in [-0.05, 0) is 36.8 Å². The van der Waals surface area contributed by atoms with Crippen molar-refractivity contribution in [2.45, 2.75) is 13.5 Å². The number of morpholine rings is 1. The minimum atomic E-state index is -1.11. The molecule has 8 nitrogen and oxygen atoms in total. The molecule has 0 aliphatic carbocycles. The number of aryl methyl sites for hydroxylation is 1. The molecule has 0 atom stereocenters. The number of nitrogens with zero attached hydrogens (tertiary/aromatic N) is 3. The first kappa shape index (κ1) is 21.7. The van der Waals surface area contributed by atoms with Gasteiger partial charge in [-0.15, -0.1) is 0 Å². The average Bonchev–Trinajstić information content (AvgIpc) is 3.12. The van der Waals surface area contributed by atoms with Gasteiger partial charge in [-0.25, -0.2) is 4.79 Å². The van der Waals surface area contributed by atoms with Crippen LogP contribution in [0.15, 0.2) is 42.5 Å². The number of ether oxygens (including phenoxy) is 2. The van der Waals surface area contributed by atoms with E-state index in [1.165, 1.54) is 0 Å². The lowest BCUT2D eigenvalue weighted by molar-refractivity contribution is 0.0322. The standard InChI is InChI=1S/C24H26N4O4/c1-2-28-22-15-19(32-14-11-27-9-12-31-13-10-27)7-8-20(22)21(16-25)23(28)17-3-5-18(6-4-17)26-24(29)30/h3-8,15,26H,2,9-14H2,1H3,(H,29,30).